The molecule has 5 nitrogen and oxygen atoms in total. The standard InChI is InChI=1S/C12H19N3O2S/c1-3-4-10-13-14-12(18-7-11(16)17)15(10)6-9-5-8(9)2/h8-9H,3-7H2,1-2H3,(H,16,17). The van der Waals surface area contributed by atoms with Crippen LogP contribution < -0.4 is 0 Å². The second-order valence-corrected chi connectivity index (χ2v) is 5.86. The first-order chi connectivity index (χ1) is 8.61. The zero-order valence-electron chi connectivity index (χ0n) is 10.8. The highest BCUT2D eigenvalue weighted by molar-refractivity contribution is 7.99. The van der Waals surface area contributed by atoms with Gasteiger partial charge in [-0.15, -0.1) is 10.2 Å². The van der Waals surface area contributed by atoms with E-state index in [1.165, 1.54) is 18.2 Å². The van der Waals surface area contributed by atoms with Gasteiger partial charge in [-0.05, 0) is 24.7 Å². The second-order valence-electron chi connectivity index (χ2n) is 4.91. The maximum atomic E-state index is 10.6. The molecule has 1 aliphatic rings. The molecule has 18 heavy (non-hydrogen) atoms. The number of aryl methyl sites for hydroxylation is 1. The molecule has 1 fully saturated rings. The molecule has 0 spiro atoms. The topological polar surface area (TPSA) is 68.0 Å². The highest BCUT2D eigenvalue weighted by atomic mass is 32.2. The summed E-state index contributed by atoms with van der Waals surface area (Å²) in [5.41, 5.74) is 0. The number of hydrogen-bond acceptors (Lipinski definition) is 4. The Morgan fingerprint density at radius 3 is 2.83 bits per heavy atom. The van der Waals surface area contributed by atoms with Crippen LogP contribution >= 0.6 is 11.8 Å². The fourth-order valence-corrected chi connectivity index (χ4v) is 2.72. The van der Waals surface area contributed by atoms with Crippen molar-refractivity contribution in [3.8, 4) is 0 Å². The summed E-state index contributed by atoms with van der Waals surface area (Å²) in [7, 11) is 0. The molecular formula is C12H19N3O2S. The number of aliphatic carboxylic acids is 1. The van der Waals surface area contributed by atoms with Crippen LogP contribution in [0.4, 0.5) is 0 Å². The third-order valence-corrected chi connectivity index (χ3v) is 4.24. The summed E-state index contributed by atoms with van der Waals surface area (Å²) < 4.78 is 2.12. The van der Waals surface area contributed by atoms with Crippen LogP contribution in [-0.4, -0.2) is 31.6 Å². The fourth-order valence-electron chi connectivity index (χ4n) is 2.03. The van der Waals surface area contributed by atoms with E-state index in [2.05, 4.69) is 28.6 Å². The van der Waals surface area contributed by atoms with Gasteiger partial charge in [0, 0.05) is 13.0 Å². The molecule has 1 aromatic heterocycles. The van der Waals surface area contributed by atoms with Gasteiger partial charge in [-0.3, -0.25) is 4.79 Å². The molecular weight excluding hydrogens is 250 g/mol. The van der Waals surface area contributed by atoms with Crippen molar-refractivity contribution in [3.05, 3.63) is 5.82 Å². The Labute approximate surface area is 111 Å². The summed E-state index contributed by atoms with van der Waals surface area (Å²) in [6, 6.07) is 0. The van der Waals surface area contributed by atoms with Crippen LogP contribution in [0.25, 0.3) is 0 Å². The van der Waals surface area contributed by atoms with Crippen molar-refractivity contribution in [1.82, 2.24) is 14.8 Å². The predicted molar refractivity (Wildman–Crippen MR) is 69.6 cm³/mol. The fraction of sp³-hybridized carbons (Fsp3) is 0.750. The third kappa shape index (κ3) is 3.25. The first-order valence-electron chi connectivity index (χ1n) is 6.38. The maximum absolute atomic E-state index is 10.6. The summed E-state index contributed by atoms with van der Waals surface area (Å²) in [5, 5.41) is 17.8. The molecule has 0 radical (unpaired) electrons. The second kappa shape index (κ2) is 5.73. The van der Waals surface area contributed by atoms with Crippen LogP contribution in [0.3, 0.4) is 0 Å². The van der Waals surface area contributed by atoms with Gasteiger partial charge in [0.05, 0.1) is 5.75 Å². The molecule has 2 unspecified atom stereocenters. The Bertz CT molecular complexity index is 433. The van der Waals surface area contributed by atoms with E-state index in [4.69, 9.17) is 5.11 Å². The van der Waals surface area contributed by atoms with Crippen LogP contribution in [-0.2, 0) is 17.8 Å². The zero-order chi connectivity index (χ0) is 13.1. The van der Waals surface area contributed by atoms with E-state index in [0.717, 1.165) is 36.3 Å². The minimum absolute atomic E-state index is 0.0461. The largest absolute Gasteiger partial charge is 0.481 e. The molecule has 100 valence electrons. The Hall–Kier alpha value is -1.04. The van der Waals surface area contributed by atoms with Gasteiger partial charge in [0.15, 0.2) is 5.16 Å². The molecule has 0 saturated heterocycles. The van der Waals surface area contributed by atoms with Crippen LogP contribution in [0.1, 0.15) is 32.5 Å². The van der Waals surface area contributed by atoms with Crippen molar-refractivity contribution in [3.63, 3.8) is 0 Å². The number of rotatable bonds is 7. The monoisotopic (exact) mass is 269 g/mol. The molecule has 1 saturated carbocycles. The number of thioether (sulfide) groups is 1. The first-order valence-corrected chi connectivity index (χ1v) is 7.37. The van der Waals surface area contributed by atoms with Crippen molar-refractivity contribution in [2.24, 2.45) is 11.8 Å². The van der Waals surface area contributed by atoms with Crippen molar-refractivity contribution in [1.29, 1.82) is 0 Å². The molecule has 0 aliphatic heterocycles. The molecule has 2 atom stereocenters. The van der Waals surface area contributed by atoms with Gasteiger partial charge in [-0.25, -0.2) is 0 Å². The quantitative estimate of drug-likeness (QED) is 0.767. The van der Waals surface area contributed by atoms with Crippen LogP contribution in [0.5, 0.6) is 0 Å². The predicted octanol–water partition coefficient (Wildman–Crippen LogP) is 2.06. The number of nitrogens with zero attached hydrogens (tertiary/aromatic N) is 3. The van der Waals surface area contributed by atoms with Crippen LogP contribution in [0.15, 0.2) is 5.16 Å². The van der Waals surface area contributed by atoms with Crippen molar-refractivity contribution in [2.45, 2.75) is 44.8 Å². The van der Waals surface area contributed by atoms with Gasteiger partial charge >= 0.3 is 5.97 Å². The van der Waals surface area contributed by atoms with E-state index >= 15 is 0 Å². The van der Waals surface area contributed by atoms with Gasteiger partial charge in [-0.1, -0.05) is 25.6 Å². The van der Waals surface area contributed by atoms with Gasteiger partial charge in [0.25, 0.3) is 0 Å². The molecule has 1 N–H and O–H groups in total. The molecule has 2 rings (SSSR count). The first kappa shape index (κ1) is 13.4. The maximum Gasteiger partial charge on any atom is 0.313 e. The molecule has 0 amide bonds. The van der Waals surface area contributed by atoms with Crippen molar-refractivity contribution in [2.75, 3.05) is 5.75 Å². The minimum Gasteiger partial charge on any atom is -0.481 e. The lowest BCUT2D eigenvalue weighted by Gasteiger charge is -2.08. The van der Waals surface area contributed by atoms with Gasteiger partial charge < -0.3 is 9.67 Å². The van der Waals surface area contributed by atoms with Gasteiger partial charge in [-0.2, -0.15) is 0 Å². The summed E-state index contributed by atoms with van der Waals surface area (Å²) in [5.74, 6) is 1.71. The van der Waals surface area contributed by atoms with E-state index in [0.29, 0.717) is 5.92 Å². The minimum atomic E-state index is -0.814. The van der Waals surface area contributed by atoms with E-state index in [1.807, 2.05) is 0 Å². The lowest BCUT2D eigenvalue weighted by Crippen LogP contribution is -2.09. The molecule has 0 aromatic carbocycles. The van der Waals surface area contributed by atoms with Crippen molar-refractivity contribution >= 4 is 17.7 Å². The normalized spacial score (nSPS) is 22.1. The summed E-state index contributed by atoms with van der Waals surface area (Å²) in [4.78, 5) is 10.6. The number of carboxylic acid groups (broad SMARTS) is 1. The lowest BCUT2D eigenvalue weighted by atomic mass is 10.3. The Kier molecular flexibility index (Phi) is 4.27. The van der Waals surface area contributed by atoms with Crippen molar-refractivity contribution < 1.29 is 9.90 Å². The Balaban J connectivity index is 2.09. The van der Waals surface area contributed by atoms with E-state index in [-0.39, 0.29) is 5.75 Å². The third-order valence-electron chi connectivity index (χ3n) is 3.29. The molecule has 1 heterocycles. The van der Waals surface area contributed by atoms with Gasteiger partial charge in [0.2, 0.25) is 0 Å². The Morgan fingerprint density at radius 1 is 1.56 bits per heavy atom. The lowest BCUT2D eigenvalue weighted by molar-refractivity contribution is -0.133. The SMILES string of the molecule is CCCc1nnc(SCC(=O)O)n1CC1CC1C. The highest BCUT2D eigenvalue weighted by Gasteiger charge is 2.34. The van der Waals surface area contributed by atoms with Crippen LogP contribution in [0.2, 0.25) is 0 Å². The summed E-state index contributed by atoms with van der Waals surface area (Å²) in [6.07, 6.45) is 3.19. The van der Waals surface area contributed by atoms with Crippen LogP contribution in [0, 0.1) is 11.8 Å². The molecule has 6 heteroatoms. The van der Waals surface area contributed by atoms with Gasteiger partial charge in [0.1, 0.15) is 5.82 Å². The highest BCUT2D eigenvalue weighted by Crippen LogP contribution is 2.39. The van der Waals surface area contributed by atoms with E-state index < -0.39 is 5.97 Å². The molecule has 1 aromatic rings. The van der Waals surface area contributed by atoms with E-state index in [9.17, 15) is 4.79 Å². The summed E-state index contributed by atoms with van der Waals surface area (Å²) in [6.45, 7) is 5.30. The smallest absolute Gasteiger partial charge is 0.313 e. The average Bonchev–Trinajstić information content (AvgIpc) is 2.87. The number of carbonyl (C=O) groups is 1. The zero-order valence-corrected chi connectivity index (χ0v) is 11.6. The number of aromatic nitrogens is 3. The average molecular weight is 269 g/mol. The summed E-state index contributed by atoms with van der Waals surface area (Å²) >= 11 is 1.26. The number of carboxylic acids is 1. The van der Waals surface area contributed by atoms with E-state index in [1.54, 1.807) is 0 Å². The number of hydrogen-bond donors (Lipinski definition) is 1. The molecule has 1 aliphatic carbocycles. The Morgan fingerprint density at radius 2 is 2.28 bits per heavy atom. The molecule has 0 bridgehead atoms.